The Morgan fingerprint density at radius 3 is 2.94 bits per heavy atom. The number of amides is 1. The number of hydrogen-bond donors (Lipinski definition) is 3. The number of aliphatic hydroxyl groups is 2. The maximum atomic E-state index is 11.5. The van der Waals surface area contributed by atoms with Gasteiger partial charge in [0.2, 0.25) is 5.91 Å². The molecule has 4 nitrogen and oxygen atoms in total. The molecule has 0 heterocycles. The highest BCUT2D eigenvalue weighted by molar-refractivity contribution is 8.00. The van der Waals surface area contributed by atoms with Gasteiger partial charge < -0.3 is 15.5 Å². The van der Waals surface area contributed by atoms with Crippen molar-refractivity contribution >= 4 is 35.0 Å². The van der Waals surface area contributed by atoms with Gasteiger partial charge in [-0.05, 0) is 18.2 Å². The molecule has 1 amide bonds. The molecule has 1 atom stereocenters. The molecule has 1 rings (SSSR count). The summed E-state index contributed by atoms with van der Waals surface area (Å²) in [6.45, 7) is -0.289. The SMILES string of the molecule is O=C(CSCC(O)CO)Nc1cccc(Cl)c1. The van der Waals surface area contributed by atoms with Crippen LogP contribution in [0.2, 0.25) is 5.02 Å². The average molecular weight is 276 g/mol. The van der Waals surface area contributed by atoms with E-state index in [0.717, 1.165) is 0 Å². The summed E-state index contributed by atoms with van der Waals surface area (Å²) in [6.07, 6.45) is -0.779. The Bertz CT molecular complexity index is 375. The predicted molar refractivity (Wildman–Crippen MR) is 70.5 cm³/mol. The van der Waals surface area contributed by atoms with Crippen molar-refractivity contribution in [2.24, 2.45) is 0 Å². The number of thioether (sulfide) groups is 1. The fraction of sp³-hybridized carbons (Fsp3) is 0.364. The highest BCUT2D eigenvalue weighted by atomic mass is 35.5. The molecule has 0 saturated heterocycles. The molecule has 0 radical (unpaired) electrons. The number of rotatable bonds is 6. The minimum Gasteiger partial charge on any atom is -0.394 e. The lowest BCUT2D eigenvalue weighted by atomic mass is 10.3. The molecule has 0 bridgehead atoms. The van der Waals surface area contributed by atoms with Gasteiger partial charge in [-0.2, -0.15) is 0 Å². The summed E-state index contributed by atoms with van der Waals surface area (Å²) in [7, 11) is 0. The number of hydrogen-bond acceptors (Lipinski definition) is 4. The molecular weight excluding hydrogens is 262 g/mol. The number of carbonyl (C=O) groups excluding carboxylic acids is 1. The van der Waals surface area contributed by atoms with Crippen molar-refractivity contribution in [1.82, 2.24) is 0 Å². The van der Waals surface area contributed by atoms with E-state index >= 15 is 0 Å². The van der Waals surface area contributed by atoms with E-state index in [9.17, 15) is 4.79 Å². The number of benzene rings is 1. The van der Waals surface area contributed by atoms with Gasteiger partial charge in [-0.1, -0.05) is 17.7 Å². The summed E-state index contributed by atoms with van der Waals surface area (Å²) in [6, 6.07) is 6.88. The minimum atomic E-state index is -0.779. The normalized spacial score (nSPS) is 12.2. The summed E-state index contributed by atoms with van der Waals surface area (Å²) >= 11 is 7.04. The molecular formula is C11H14ClNO3S. The maximum absolute atomic E-state index is 11.5. The minimum absolute atomic E-state index is 0.164. The molecule has 6 heteroatoms. The van der Waals surface area contributed by atoms with E-state index in [1.165, 1.54) is 11.8 Å². The Morgan fingerprint density at radius 2 is 2.29 bits per heavy atom. The number of aliphatic hydroxyl groups excluding tert-OH is 2. The van der Waals surface area contributed by atoms with Crippen LogP contribution in [0.1, 0.15) is 0 Å². The Morgan fingerprint density at radius 1 is 1.53 bits per heavy atom. The lowest BCUT2D eigenvalue weighted by Gasteiger charge is -2.07. The zero-order chi connectivity index (χ0) is 12.7. The molecule has 0 aliphatic carbocycles. The van der Waals surface area contributed by atoms with Crippen LogP contribution < -0.4 is 5.32 Å². The summed E-state index contributed by atoms with van der Waals surface area (Å²) in [5, 5.41) is 20.9. The zero-order valence-electron chi connectivity index (χ0n) is 9.10. The lowest BCUT2D eigenvalue weighted by Crippen LogP contribution is -2.19. The van der Waals surface area contributed by atoms with E-state index in [-0.39, 0.29) is 18.3 Å². The molecule has 0 saturated carbocycles. The largest absolute Gasteiger partial charge is 0.394 e. The number of nitrogens with one attached hydrogen (secondary N) is 1. The number of anilines is 1. The standard InChI is InChI=1S/C11H14ClNO3S/c12-8-2-1-3-9(4-8)13-11(16)7-17-6-10(15)5-14/h1-4,10,14-15H,5-7H2,(H,13,16). The van der Waals surface area contributed by atoms with E-state index in [0.29, 0.717) is 16.5 Å². The van der Waals surface area contributed by atoms with Crippen LogP contribution >= 0.6 is 23.4 Å². The lowest BCUT2D eigenvalue weighted by molar-refractivity contribution is -0.113. The van der Waals surface area contributed by atoms with Gasteiger partial charge in [-0.3, -0.25) is 4.79 Å². The Hall–Kier alpha value is -0.750. The average Bonchev–Trinajstić information content (AvgIpc) is 2.28. The van der Waals surface area contributed by atoms with Crippen molar-refractivity contribution in [2.45, 2.75) is 6.10 Å². The second kappa shape index (κ2) is 7.55. The van der Waals surface area contributed by atoms with Crippen molar-refractivity contribution in [3.63, 3.8) is 0 Å². The van der Waals surface area contributed by atoms with Crippen LogP contribution in [0, 0.1) is 0 Å². The molecule has 1 aromatic rings. The first-order valence-electron chi connectivity index (χ1n) is 5.04. The fourth-order valence-electron chi connectivity index (χ4n) is 1.10. The third-order valence-corrected chi connectivity index (χ3v) is 3.18. The molecule has 0 spiro atoms. The van der Waals surface area contributed by atoms with Crippen molar-refractivity contribution in [3.8, 4) is 0 Å². The van der Waals surface area contributed by atoms with Gasteiger partial charge in [-0.25, -0.2) is 0 Å². The monoisotopic (exact) mass is 275 g/mol. The quantitative estimate of drug-likeness (QED) is 0.733. The number of halogens is 1. The van der Waals surface area contributed by atoms with E-state index in [1.54, 1.807) is 24.3 Å². The van der Waals surface area contributed by atoms with E-state index in [4.69, 9.17) is 21.8 Å². The summed E-state index contributed by atoms with van der Waals surface area (Å²) in [5.74, 6) is 0.394. The van der Waals surface area contributed by atoms with Gasteiger partial charge in [-0.15, -0.1) is 11.8 Å². The van der Waals surface area contributed by atoms with Crippen molar-refractivity contribution in [3.05, 3.63) is 29.3 Å². The highest BCUT2D eigenvalue weighted by Crippen LogP contribution is 2.15. The van der Waals surface area contributed by atoms with Crippen molar-refractivity contribution in [2.75, 3.05) is 23.4 Å². The highest BCUT2D eigenvalue weighted by Gasteiger charge is 2.06. The smallest absolute Gasteiger partial charge is 0.234 e. The first-order valence-corrected chi connectivity index (χ1v) is 6.57. The van der Waals surface area contributed by atoms with Gasteiger partial charge in [0.1, 0.15) is 0 Å². The van der Waals surface area contributed by atoms with Gasteiger partial charge in [0.05, 0.1) is 18.5 Å². The van der Waals surface area contributed by atoms with Crippen molar-refractivity contribution in [1.29, 1.82) is 0 Å². The van der Waals surface area contributed by atoms with Gasteiger partial charge >= 0.3 is 0 Å². The Balaban J connectivity index is 2.30. The van der Waals surface area contributed by atoms with Crippen LogP contribution in [0.15, 0.2) is 24.3 Å². The maximum Gasteiger partial charge on any atom is 0.234 e. The van der Waals surface area contributed by atoms with Crippen LogP contribution in [-0.2, 0) is 4.79 Å². The molecule has 94 valence electrons. The molecule has 0 aliphatic heterocycles. The summed E-state index contributed by atoms with van der Waals surface area (Å²) in [4.78, 5) is 11.5. The van der Waals surface area contributed by atoms with Crippen molar-refractivity contribution < 1.29 is 15.0 Å². The van der Waals surface area contributed by atoms with Crippen LogP contribution in [0.5, 0.6) is 0 Å². The fourth-order valence-corrected chi connectivity index (χ4v) is 2.05. The van der Waals surface area contributed by atoms with E-state index in [1.807, 2.05) is 0 Å². The number of carbonyl (C=O) groups is 1. The summed E-state index contributed by atoms with van der Waals surface area (Å²) < 4.78 is 0. The Kier molecular flexibility index (Phi) is 6.36. The van der Waals surface area contributed by atoms with Gasteiger partial charge in [0.25, 0.3) is 0 Å². The van der Waals surface area contributed by atoms with Crippen LogP contribution in [-0.4, -0.2) is 40.3 Å². The van der Waals surface area contributed by atoms with Crippen LogP contribution in [0.3, 0.4) is 0 Å². The van der Waals surface area contributed by atoms with E-state index < -0.39 is 6.10 Å². The molecule has 0 aliphatic rings. The summed E-state index contributed by atoms with van der Waals surface area (Å²) in [5.41, 5.74) is 0.644. The molecule has 0 aromatic heterocycles. The first-order chi connectivity index (χ1) is 8.11. The third-order valence-electron chi connectivity index (χ3n) is 1.86. The van der Waals surface area contributed by atoms with E-state index in [2.05, 4.69) is 5.32 Å². The second-order valence-corrected chi connectivity index (χ2v) is 4.88. The molecule has 3 N–H and O–H groups in total. The first kappa shape index (κ1) is 14.3. The molecule has 1 unspecified atom stereocenters. The van der Waals surface area contributed by atoms with Crippen LogP contribution in [0.25, 0.3) is 0 Å². The van der Waals surface area contributed by atoms with Gasteiger partial charge in [0.15, 0.2) is 0 Å². The second-order valence-electron chi connectivity index (χ2n) is 3.41. The van der Waals surface area contributed by atoms with Crippen LogP contribution in [0.4, 0.5) is 5.69 Å². The molecule has 1 aromatic carbocycles. The molecule has 0 fully saturated rings. The Labute approximate surface area is 109 Å². The third kappa shape index (κ3) is 5.93. The zero-order valence-corrected chi connectivity index (χ0v) is 10.7. The molecule has 17 heavy (non-hydrogen) atoms. The topological polar surface area (TPSA) is 69.6 Å². The predicted octanol–water partition coefficient (Wildman–Crippen LogP) is 1.36. The van der Waals surface area contributed by atoms with Gasteiger partial charge in [0, 0.05) is 16.5 Å².